The summed E-state index contributed by atoms with van der Waals surface area (Å²) in [5, 5.41) is 0. The minimum Gasteiger partial charge on any atom is -0.328 e. The normalized spacial score (nSPS) is 26.7. The number of carbonyl (C=O) groups is 2. The first-order valence-corrected chi connectivity index (χ1v) is 6.77. The Labute approximate surface area is 112 Å². The van der Waals surface area contributed by atoms with Crippen LogP contribution in [0.2, 0.25) is 0 Å². The third kappa shape index (κ3) is 2.15. The molecule has 0 spiro atoms. The van der Waals surface area contributed by atoms with E-state index in [1.165, 1.54) is 14.7 Å². The van der Waals surface area contributed by atoms with Crippen molar-refractivity contribution in [2.75, 3.05) is 39.9 Å². The van der Waals surface area contributed by atoms with Crippen LogP contribution < -0.4 is 9.80 Å². The molecule has 1 aromatic rings. The fourth-order valence-electron chi connectivity index (χ4n) is 2.79. The Kier molecular flexibility index (Phi) is 3.08. The van der Waals surface area contributed by atoms with Gasteiger partial charge in [0, 0.05) is 0 Å². The summed E-state index contributed by atoms with van der Waals surface area (Å²) in [5.41, 5.74) is 1.10. The predicted molar refractivity (Wildman–Crippen MR) is 69.1 cm³/mol. The lowest BCUT2D eigenvalue weighted by Gasteiger charge is -2.29. The fourth-order valence-corrected chi connectivity index (χ4v) is 2.79. The fraction of sp³-hybridized carbons (Fsp3) is 0.429. The van der Waals surface area contributed by atoms with Crippen molar-refractivity contribution < 1.29 is 19.4 Å². The molecule has 5 nitrogen and oxygen atoms in total. The van der Waals surface area contributed by atoms with Gasteiger partial charge in [0.05, 0.1) is 18.2 Å². The van der Waals surface area contributed by atoms with Crippen molar-refractivity contribution in [2.45, 2.75) is 0 Å². The van der Waals surface area contributed by atoms with Gasteiger partial charge in [-0.15, -0.1) is 0 Å². The molecule has 2 aliphatic heterocycles. The summed E-state index contributed by atoms with van der Waals surface area (Å²) in [4.78, 5) is 28.7. The van der Waals surface area contributed by atoms with Crippen LogP contribution in [-0.4, -0.2) is 56.6 Å². The number of likely N-dealkylation sites (N-methyl/N-ethyl adjacent to an activating group) is 1. The summed E-state index contributed by atoms with van der Waals surface area (Å²) in [6.45, 7) is 4.72. The molecule has 3 rings (SSSR count). The van der Waals surface area contributed by atoms with Gasteiger partial charge < -0.3 is 9.80 Å². The molecule has 1 fully saturated rings. The molecular weight excluding hydrogens is 242 g/mol. The molecule has 0 bridgehead atoms. The highest BCUT2D eigenvalue weighted by Gasteiger charge is 2.38. The van der Waals surface area contributed by atoms with E-state index in [9.17, 15) is 9.59 Å². The van der Waals surface area contributed by atoms with Crippen LogP contribution in [0.5, 0.6) is 0 Å². The lowest BCUT2D eigenvalue weighted by Crippen LogP contribution is -3.27. The number of carbonyl (C=O) groups excluding carboxylic acids is 2. The first-order valence-electron chi connectivity index (χ1n) is 6.77. The molecule has 2 aliphatic rings. The van der Waals surface area contributed by atoms with E-state index in [1.54, 1.807) is 24.3 Å². The second-order valence-electron chi connectivity index (χ2n) is 5.45. The highest BCUT2D eigenvalue weighted by Crippen LogP contribution is 2.20. The van der Waals surface area contributed by atoms with Crippen molar-refractivity contribution in [2.24, 2.45) is 0 Å². The Morgan fingerprint density at radius 2 is 1.53 bits per heavy atom. The number of nitrogens with zero attached hydrogens (tertiary/aromatic N) is 1. The molecule has 0 radical (unpaired) electrons. The SMILES string of the molecule is C[NH+]1CC[NH+](CN2C(=O)c3ccccc3C2=O)CC1. The largest absolute Gasteiger partial charge is 0.328 e. The summed E-state index contributed by atoms with van der Waals surface area (Å²) >= 11 is 0. The predicted octanol–water partition coefficient (Wildman–Crippen LogP) is -2.35. The Bertz CT molecular complexity index is 486. The Morgan fingerprint density at radius 1 is 1.00 bits per heavy atom. The number of fused-ring (bicyclic) bond motifs is 1. The van der Waals surface area contributed by atoms with Gasteiger partial charge >= 0.3 is 0 Å². The number of piperazine rings is 1. The highest BCUT2D eigenvalue weighted by atomic mass is 16.2. The molecule has 1 aromatic carbocycles. The van der Waals surface area contributed by atoms with E-state index in [2.05, 4.69) is 7.05 Å². The number of imide groups is 1. The molecule has 19 heavy (non-hydrogen) atoms. The Morgan fingerprint density at radius 3 is 2.05 bits per heavy atom. The third-order valence-corrected chi connectivity index (χ3v) is 4.07. The highest BCUT2D eigenvalue weighted by molar-refractivity contribution is 6.21. The van der Waals surface area contributed by atoms with Gasteiger partial charge in [-0.05, 0) is 12.1 Å². The van der Waals surface area contributed by atoms with Gasteiger partial charge in [-0.2, -0.15) is 0 Å². The smallest absolute Gasteiger partial charge is 0.265 e. The molecule has 2 heterocycles. The van der Waals surface area contributed by atoms with E-state index in [1.807, 2.05) is 0 Å². The van der Waals surface area contributed by atoms with E-state index in [0.29, 0.717) is 17.8 Å². The number of benzene rings is 1. The molecule has 0 unspecified atom stereocenters. The van der Waals surface area contributed by atoms with Crippen LogP contribution in [0.15, 0.2) is 24.3 Å². The van der Waals surface area contributed by atoms with Crippen LogP contribution >= 0.6 is 0 Å². The van der Waals surface area contributed by atoms with Gasteiger partial charge in [0.1, 0.15) is 26.2 Å². The summed E-state index contributed by atoms with van der Waals surface area (Å²) in [6, 6.07) is 7.08. The van der Waals surface area contributed by atoms with Crippen molar-refractivity contribution >= 4 is 11.8 Å². The molecule has 0 aliphatic carbocycles. The first kappa shape index (κ1) is 12.3. The molecule has 0 saturated carbocycles. The summed E-state index contributed by atoms with van der Waals surface area (Å²) in [7, 11) is 2.18. The molecule has 100 valence electrons. The van der Waals surface area contributed by atoms with E-state index < -0.39 is 0 Å². The summed E-state index contributed by atoms with van der Waals surface area (Å²) in [6.07, 6.45) is 0. The second-order valence-corrected chi connectivity index (χ2v) is 5.45. The first-order chi connectivity index (χ1) is 9.16. The zero-order valence-corrected chi connectivity index (χ0v) is 11.1. The maximum atomic E-state index is 12.2. The van der Waals surface area contributed by atoms with Gasteiger partial charge in [-0.25, -0.2) is 4.90 Å². The number of hydrogen-bond donors (Lipinski definition) is 2. The van der Waals surface area contributed by atoms with Crippen molar-refractivity contribution in [3.63, 3.8) is 0 Å². The molecular formula is C14H19N3O2+2. The lowest BCUT2D eigenvalue weighted by molar-refractivity contribution is -1.01. The van der Waals surface area contributed by atoms with Crippen LogP contribution in [0.3, 0.4) is 0 Å². The molecule has 2 amide bonds. The van der Waals surface area contributed by atoms with Crippen molar-refractivity contribution in [3.05, 3.63) is 35.4 Å². The molecule has 0 atom stereocenters. The van der Waals surface area contributed by atoms with Gasteiger partial charge in [-0.3, -0.25) is 9.59 Å². The van der Waals surface area contributed by atoms with Gasteiger partial charge in [-0.1, -0.05) is 12.1 Å². The topological polar surface area (TPSA) is 46.3 Å². The number of quaternary nitrogens is 2. The monoisotopic (exact) mass is 261 g/mol. The van der Waals surface area contributed by atoms with E-state index in [-0.39, 0.29) is 11.8 Å². The molecule has 2 N–H and O–H groups in total. The minimum absolute atomic E-state index is 0.139. The quantitative estimate of drug-likeness (QED) is 0.586. The van der Waals surface area contributed by atoms with Crippen molar-refractivity contribution in [1.82, 2.24) is 4.90 Å². The number of nitrogens with one attached hydrogen (secondary N) is 2. The van der Waals surface area contributed by atoms with Crippen LogP contribution in [0.1, 0.15) is 20.7 Å². The molecule has 5 heteroatoms. The standard InChI is InChI=1S/C14H17N3O2/c1-15-6-8-16(9-7-15)10-17-13(18)11-4-2-3-5-12(11)14(17)19/h2-5H,6-10H2,1H3/p+2. The summed E-state index contributed by atoms with van der Waals surface area (Å²) < 4.78 is 0. The van der Waals surface area contributed by atoms with Crippen molar-refractivity contribution in [1.29, 1.82) is 0 Å². The van der Waals surface area contributed by atoms with Crippen LogP contribution in [0.25, 0.3) is 0 Å². The van der Waals surface area contributed by atoms with Gasteiger partial charge in [0.2, 0.25) is 0 Å². The maximum absolute atomic E-state index is 12.2. The van der Waals surface area contributed by atoms with Crippen molar-refractivity contribution in [3.8, 4) is 0 Å². The average Bonchev–Trinajstić information content (AvgIpc) is 2.67. The number of rotatable bonds is 2. The number of amides is 2. The number of hydrogen-bond acceptors (Lipinski definition) is 2. The lowest BCUT2D eigenvalue weighted by atomic mass is 10.1. The van der Waals surface area contributed by atoms with E-state index in [4.69, 9.17) is 0 Å². The average molecular weight is 261 g/mol. The Balaban J connectivity index is 1.74. The van der Waals surface area contributed by atoms with Crippen LogP contribution in [0.4, 0.5) is 0 Å². The van der Waals surface area contributed by atoms with Gasteiger partial charge in [0.25, 0.3) is 11.8 Å². The Hall–Kier alpha value is -1.72. The van der Waals surface area contributed by atoms with E-state index in [0.717, 1.165) is 26.2 Å². The van der Waals surface area contributed by atoms with Gasteiger partial charge in [0.15, 0.2) is 6.67 Å². The second kappa shape index (κ2) is 4.75. The van der Waals surface area contributed by atoms with Crippen LogP contribution in [-0.2, 0) is 0 Å². The molecule has 1 saturated heterocycles. The van der Waals surface area contributed by atoms with E-state index >= 15 is 0 Å². The molecule has 0 aromatic heterocycles. The zero-order chi connectivity index (χ0) is 13.4. The third-order valence-electron chi connectivity index (χ3n) is 4.07. The minimum atomic E-state index is -0.139. The summed E-state index contributed by atoms with van der Waals surface area (Å²) in [5.74, 6) is -0.279. The maximum Gasteiger partial charge on any atom is 0.265 e. The van der Waals surface area contributed by atoms with Crippen LogP contribution in [0, 0.1) is 0 Å². The zero-order valence-electron chi connectivity index (χ0n) is 11.1.